The highest BCUT2D eigenvalue weighted by Gasteiger charge is 2.27. The van der Waals surface area contributed by atoms with Crippen LogP contribution in [-0.4, -0.2) is 24.3 Å². The summed E-state index contributed by atoms with van der Waals surface area (Å²) in [7, 11) is 1.23. The van der Waals surface area contributed by atoms with Crippen LogP contribution < -0.4 is 10.3 Å². The van der Waals surface area contributed by atoms with E-state index in [1.807, 2.05) is 6.92 Å². The molecule has 2 aromatic rings. The van der Waals surface area contributed by atoms with Gasteiger partial charge in [0.05, 0.1) is 29.7 Å². The molecule has 0 N–H and O–H groups in total. The Morgan fingerprint density at radius 1 is 1.55 bits per heavy atom. The van der Waals surface area contributed by atoms with E-state index in [-0.39, 0.29) is 18.2 Å². The predicted molar refractivity (Wildman–Crippen MR) is 83.7 cm³/mol. The van der Waals surface area contributed by atoms with Crippen molar-refractivity contribution in [3.8, 4) is 5.75 Å². The lowest BCUT2D eigenvalue weighted by atomic mass is 10.1. The molecular formula is C15H11BrN2O4. The first-order valence-electron chi connectivity index (χ1n) is 6.50. The van der Waals surface area contributed by atoms with Crippen LogP contribution in [0.25, 0.3) is 15.7 Å². The maximum absolute atomic E-state index is 12.6. The Labute approximate surface area is 134 Å². The smallest absolute Gasteiger partial charge is 0.343 e. The number of carbonyl (C=O) groups excluding carboxylic acids is 1. The quantitative estimate of drug-likeness (QED) is 0.577. The van der Waals surface area contributed by atoms with Gasteiger partial charge >= 0.3 is 5.97 Å². The van der Waals surface area contributed by atoms with Gasteiger partial charge in [-0.3, -0.25) is 9.36 Å². The van der Waals surface area contributed by atoms with Gasteiger partial charge in [-0.2, -0.15) is 0 Å². The molecule has 2 heterocycles. The number of halogens is 1. The molecule has 0 aliphatic carbocycles. The summed E-state index contributed by atoms with van der Waals surface area (Å²) in [5.41, 5.74) is 0.473. The third-order valence-corrected chi connectivity index (χ3v) is 4.40. The number of benzene rings is 1. The van der Waals surface area contributed by atoms with Crippen LogP contribution in [0, 0.1) is 6.57 Å². The van der Waals surface area contributed by atoms with E-state index in [1.165, 1.54) is 17.7 Å². The molecule has 1 aliphatic rings. The second-order valence-corrected chi connectivity index (χ2v) is 5.77. The van der Waals surface area contributed by atoms with E-state index in [0.29, 0.717) is 26.8 Å². The number of pyridine rings is 1. The van der Waals surface area contributed by atoms with Crippen molar-refractivity contribution >= 4 is 38.5 Å². The number of methoxy groups -OCH3 is 1. The number of hydrogen-bond acceptors (Lipinski definition) is 4. The lowest BCUT2D eigenvalue weighted by molar-refractivity contribution is 0.0597. The van der Waals surface area contributed by atoms with Gasteiger partial charge in [0.2, 0.25) is 5.69 Å². The second-order valence-electron chi connectivity index (χ2n) is 4.97. The molecule has 22 heavy (non-hydrogen) atoms. The topological polar surface area (TPSA) is 61.9 Å². The van der Waals surface area contributed by atoms with E-state index in [0.717, 1.165) is 0 Å². The van der Waals surface area contributed by atoms with Gasteiger partial charge < -0.3 is 9.47 Å². The molecule has 0 radical (unpaired) electrons. The first-order chi connectivity index (χ1) is 10.5. The van der Waals surface area contributed by atoms with Gasteiger partial charge in [0.1, 0.15) is 17.9 Å². The number of hydrogen-bond donors (Lipinski definition) is 0. The maximum Gasteiger partial charge on any atom is 0.343 e. The molecule has 6 nitrogen and oxygen atoms in total. The Bertz CT molecular complexity index is 911. The third-order valence-electron chi connectivity index (χ3n) is 3.63. The summed E-state index contributed by atoms with van der Waals surface area (Å²) < 4.78 is 12.4. The van der Waals surface area contributed by atoms with Gasteiger partial charge in [-0.25, -0.2) is 9.64 Å². The maximum atomic E-state index is 12.6. The fourth-order valence-electron chi connectivity index (χ4n) is 2.61. The number of aromatic nitrogens is 1. The van der Waals surface area contributed by atoms with E-state index in [1.54, 1.807) is 6.07 Å². The minimum Gasteiger partial charge on any atom is -0.489 e. The van der Waals surface area contributed by atoms with Crippen LogP contribution >= 0.6 is 15.9 Å². The Balaban J connectivity index is 2.52. The largest absolute Gasteiger partial charge is 0.489 e. The molecular weight excluding hydrogens is 352 g/mol. The van der Waals surface area contributed by atoms with Crippen LogP contribution in [-0.2, 0) is 4.74 Å². The lowest BCUT2D eigenvalue weighted by Gasteiger charge is -2.27. The highest BCUT2D eigenvalue weighted by Crippen LogP contribution is 2.43. The van der Waals surface area contributed by atoms with Crippen LogP contribution in [0.15, 0.2) is 21.4 Å². The summed E-state index contributed by atoms with van der Waals surface area (Å²) in [5.74, 6) is -0.238. The van der Waals surface area contributed by atoms with E-state index in [9.17, 15) is 9.59 Å². The summed E-state index contributed by atoms with van der Waals surface area (Å²) in [4.78, 5) is 27.9. The van der Waals surface area contributed by atoms with E-state index < -0.39 is 11.5 Å². The molecule has 7 heteroatoms. The number of carbonyl (C=O) groups is 1. The highest BCUT2D eigenvalue weighted by atomic mass is 79.9. The molecule has 1 aromatic carbocycles. The van der Waals surface area contributed by atoms with Gasteiger partial charge in [0.25, 0.3) is 5.56 Å². The number of rotatable bonds is 1. The Morgan fingerprint density at radius 2 is 2.27 bits per heavy atom. The van der Waals surface area contributed by atoms with Crippen LogP contribution in [0.4, 0.5) is 5.69 Å². The summed E-state index contributed by atoms with van der Waals surface area (Å²) in [6, 6.07) is 2.85. The summed E-state index contributed by atoms with van der Waals surface area (Å²) in [5, 5.41) is 0.593. The Hall–Kier alpha value is -2.33. The molecule has 0 bridgehead atoms. The summed E-state index contributed by atoms with van der Waals surface area (Å²) in [6.07, 6.45) is 0. The average molecular weight is 363 g/mol. The monoisotopic (exact) mass is 362 g/mol. The highest BCUT2D eigenvalue weighted by molar-refractivity contribution is 9.10. The first kappa shape index (κ1) is 14.6. The molecule has 1 aliphatic heterocycles. The molecule has 112 valence electrons. The molecule has 1 atom stereocenters. The molecule has 3 rings (SSSR count). The van der Waals surface area contributed by atoms with Crippen LogP contribution in [0.2, 0.25) is 0 Å². The fraction of sp³-hybridized carbons (Fsp3) is 0.267. The minimum atomic E-state index is -0.692. The van der Waals surface area contributed by atoms with E-state index in [4.69, 9.17) is 11.3 Å². The second kappa shape index (κ2) is 5.14. The van der Waals surface area contributed by atoms with Crippen molar-refractivity contribution in [2.24, 2.45) is 0 Å². The molecule has 1 aromatic heterocycles. The lowest BCUT2D eigenvalue weighted by Crippen LogP contribution is -2.34. The zero-order valence-electron chi connectivity index (χ0n) is 11.8. The molecule has 0 fully saturated rings. The van der Waals surface area contributed by atoms with Crippen molar-refractivity contribution in [1.29, 1.82) is 0 Å². The Morgan fingerprint density at radius 3 is 2.91 bits per heavy atom. The van der Waals surface area contributed by atoms with Crippen molar-refractivity contribution in [2.75, 3.05) is 13.7 Å². The normalized spacial score (nSPS) is 16.0. The van der Waals surface area contributed by atoms with Crippen molar-refractivity contribution in [3.05, 3.63) is 43.9 Å². The third kappa shape index (κ3) is 1.91. The van der Waals surface area contributed by atoms with Crippen molar-refractivity contribution in [1.82, 2.24) is 4.57 Å². The molecule has 0 amide bonds. The molecule has 0 spiro atoms. The minimum absolute atomic E-state index is 0.0482. The first-order valence-corrected chi connectivity index (χ1v) is 7.29. The standard InChI is InChI=1S/C15H11BrN2O4/c1-7-6-22-13-11(16)10(17-2)5-8-4-9(15(20)21-3)14(19)18(7)12(8)13/h4-5,7H,6H2,1,3H3/t7-/m0/s1. The zero-order valence-corrected chi connectivity index (χ0v) is 13.4. The van der Waals surface area contributed by atoms with E-state index in [2.05, 4.69) is 25.5 Å². The number of nitrogens with zero attached hydrogens (tertiary/aromatic N) is 2. The van der Waals surface area contributed by atoms with Crippen LogP contribution in [0.3, 0.4) is 0 Å². The van der Waals surface area contributed by atoms with Crippen molar-refractivity contribution in [2.45, 2.75) is 13.0 Å². The zero-order chi connectivity index (χ0) is 16.0. The van der Waals surface area contributed by atoms with Gasteiger partial charge in [-0.05, 0) is 24.4 Å². The molecule has 0 saturated heterocycles. The van der Waals surface area contributed by atoms with E-state index >= 15 is 0 Å². The number of esters is 1. The van der Waals surface area contributed by atoms with Gasteiger partial charge in [-0.15, -0.1) is 0 Å². The van der Waals surface area contributed by atoms with Crippen molar-refractivity contribution in [3.63, 3.8) is 0 Å². The SMILES string of the molecule is [C-]#[N+]c1cc2cc(C(=O)OC)c(=O)n3c2c(c1Br)OC[C@@H]3C. The summed E-state index contributed by atoms with van der Waals surface area (Å²) >= 11 is 3.35. The van der Waals surface area contributed by atoms with Gasteiger partial charge in [0, 0.05) is 0 Å². The fourth-order valence-corrected chi connectivity index (χ4v) is 3.11. The van der Waals surface area contributed by atoms with Crippen LogP contribution in [0.5, 0.6) is 5.75 Å². The molecule has 0 saturated carbocycles. The van der Waals surface area contributed by atoms with Crippen LogP contribution in [0.1, 0.15) is 23.3 Å². The van der Waals surface area contributed by atoms with Gasteiger partial charge in [-0.1, -0.05) is 15.9 Å². The van der Waals surface area contributed by atoms with Gasteiger partial charge in [0.15, 0.2) is 0 Å². The Kier molecular flexibility index (Phi) is 3.41. The predicted octanol–water partition coefficient (Wildman–Crippen LogP) is 3.05. The molecule has 0 unspecified atom stereocenters. The van der Waals surface area contributed by atoms with Crippen molar-refractivity contribution < 1.29 is 14.3 Å². The average Bonchev–Trinajstić information content (AvgIpc) is 2.52. The number of ether oxygens (including phenoxy) is 2. The summed E-state index contributed by atoms with van der Waals surface area (Å²) in [6.45, 7) is 9.36.